The molecule has 2 aromatic heterocycles. The molecule has 0 fully saturated rings. The third kappa shape index (κ3) is 4.26. The number of rotatable bonds is 7. The van der Waals surface area contributed by atoms with Crippen molar-refractivity contribution in [2.75, 3.05) is 5.73 Å². The van der Waals surface area contributed by atoms with Gasteiger partial charge < -0.3 is 10.5 Å². The monoisotopic (exact) mass is 421 g/mol. The van der Waals surface area contributed by atoms with Gasteiger partial charge in [-0.15, -0.1) is 5.10 Å². The van der Waals surface area contributed by atoms with E-state index in [0.29, 0.717) is 33.9 Å². The molecule has 7 nitrogen and oxygen atoms in total. The molecule has 0 aliphatic carbocycles. The Morgan fingerprint density at radius 3 is 2.73 bits per heavy atom. The van der Waals surface area contributed by atoms with Crippen LogP contribution in [0.2, 0.25) is 5.02 Å². The Hall–Kier alpha value is -3.45. The fourth-order valence-corrected chi connectivity index (χ4v) is 3.46. The van der Waals surface area contributed by atoms with Crippen LogP contribution < -0.4 is 10.5 Å². The van der Waals surface area contributed by atoms with E-state index in [-0.39, 0.29) is 24.1 Å². The van der Waals surface area contributed by atoms with Gasteiger partial charge in [0, 0.05) is 28.6 Å². The van der Waals surface area contributed by atoms with Crippen LogP contribution in [0.1, 0.15) is 40.7 Å². The molecule has 1 unspecified atom stereocenters. The molecule has 4 rings (SSSR count). The zero-order chi connectivity index (χ0) is 21.1. The zero-order valence-corrected chi connectivity index (χ0v) is 17.1. The lowest BCUT2D eigenvalue weighted by molar-refractivity contribution is 0.0975. The molecule has 3 N–H and O–H groups in total. The van der Waals surface area contributed by atoms with E-state index in [9.17, 15) is 4.79 Å². The van der Waals surface area contributed by atoms with E-state index >= 15 is 0 Å². The molecule has 0 aliphatic rings. The van der Waals surface area contributed by atoms with Crippen LogP contribution in [0.3, 0.4) is 0 Å². The summed E-state index contributed by atoms with van der Waals surface area (Å²) in [5.74, 6) is 0.916. The minimum absolute atomic E-state index is 0.0481. The maximum Gasteiger partial charge on any atom is 0.207 e. The summed E-state index contributed by atoms with van der Waals surface area (Å²) in [5, 5.41) is 10.9. The number of carbonyl (C=O) groups is 1. The minimum Gasteiger partial charge on any atom is -0.486 e. The second-order valence-corrected chi connectivity index (χ2v) is 7.48. The predicted molar refractivity (Wildman–Crippen MR) is 116 cm³/mol. The molecule has 8 heteroatoms. The van der Waals surface area contributed by atoms with Crippen LogP contribution in [-0.4, -0.2) is 26.2 Å². The molecule has 0 spiro atoms. The van der Waals surface area contributed by atoms with Crippen molar-refractivity contribution < 1.29 is 9.53 Å². The average Bonchev–Trinajstić information content (AvgIpc) is 3.21. The van der Waals surface area contributed by atoms with Gasteiger partial charge in [-0.1, -0.05) is 61.0 Å². The third-order valence-electron chi connectivity index (χ3n) is 4.90. The number of nitrogens with two attached hydrogens (primary N) is 1. The Morgan fingerprint density at radius 1 is 1.17 bits per heavy atom. The summed E-state index contributed by atoms with van der Waals surface area (Å²) in [6, 6.07) is 16.8. The smallest absolute Gasteiger partial charge is 0.207 e. The highest BCUT2D eigenvalue weighted by Crippen LogP contribution is 2.27. The van der Waals surface area contributed by atoms with E-state index in [0.717, 1.165) is 11.1 Å². The molecule has 0 radical (unpaired) electrons. The number of ether oxygens (including phenoxy) is 1. The third-order valence-corrected chi connectivity index (χ3v) is 5.25. The number of aromatic amines is 1. The van der Waals surface area contributed by atoms with Crippen LogP contribution >= 0.6 is 11.6 Å². The first-order valence-corrected chi connectivity index (χ1v) is 9.85. The highest BCUT2D eigenvalue weighted by Gasteiger charge is 2.15. The number of benzene rings is 2. The normalized spacial score (nSPS) is 12.1. The van der Waals surface area contributed by atoms with Crippen LogP contribution in [0.4, 0.5) is 5.82 Å². The van der Waals surface area contributed by atoms with Gasteiger partial charge in [0.25, 0.3) is 0 Å². The molecule has 4 aromatic rings. The van der Waals surface area contributed by atoms with Crippen molar-refractivity contribution in [3.8, 4) is 5.75 Å². The van der Waals surface area contributed by atoms with Gasteiger partial charge in [-0.05, 0) is 17.5 Å². The topological polar surface area (TPSA) is 107 Å². The number of pyridine rings is 1. The van der Waals surface area contributed by atoms with Gasteiger partial charge in [-0.25, -0.2) is 4.98 Å². The van der Waals surface area contributed by atoms with Gasteiger partial charge in [0.1, 0.15) is 12.4 Å². The molecule has 0 aliphatic heterocycles. The second kappa shape index (κ2) is 8.51. The molecule has 0 amide bonds. The predicted octanol–water partition coefficient (Wildman–Crippen LogP) is 4.54. The molecule has 1 atom stereocenters. The van der Waals surface area contributed by atoms with Crippen LogP contribution in [0, 0.1) is 0 Å². The van der Waals surface area contributed by atoms with Crippen LogP contribution in [0.5, 0.6) is 5.75 Å². The summed E-state index contributed by atoms with van der Waals surface area (Å²) >= 11 is 6.42. The first-order valence-electron chi connectivity index (χ1n) is 9.47. The number of nitrogen functional groups attached to an aromatic ring is 1. The summed E-state index contributed by atoms with van der Waals surface area (Å²) < 4.78 is 5.84. The van der Waals surface area contributed by atoms with Crippen molar-refractivity contribution in [3.05, 3.63) is 76.3 Å². The van der Waals surface area contributed by atoms with E-state index in [2.05, 4.69) is 20.4 Å². The van der Waals surface area contributed by atoms with Crippen LogP contribution in [0.25, 0.3) is 11.2 Å². The number of hydrogen-bond acceptors (Lipinski definition) is 6. The fraction of sp³-hybridized carbons (Fsp3) is 0.182. The molecule has 0 saturated carbocycles. The number of hydrogen-bond donors (Lipinski definition) is 2. The zero-order valence-electron chi connectivity index (χ0n) is 16.3. The van der Waals surface area contributed by atoms with E-state index in [1.165, 1.54) is 0 Å². The number of ketones is 1. The van der Waals surface area contributed by atoms with Gasteiger partial charge in [-0.2, -0.15) is 10.3 Å². The second-order valence-electron chi connectivity index (χ2n) is 7.07. The molecule has 30 heavy (non-hydrogen) atoms. The average molecular weight is 422 g/mol. The maximum absolute atomic E-state index is 12.7. The van der Waals surface area contributed by atoms with Gasteiger partial charge in [0.2, 0.25) is 5.65 Å². The Morgan fingerprint density at radius 2 is 1.97 bits per heavy atom. The van der Waals surface area contributed by atoms with Crippen LogP contribution in [-0.2, 0) is 6.61 Å². The summed E-state index contributed by atoms with van der Waals surface area (Å²) in [4.78, 5) is 16.8. The summed E-state index contributed by atoms with van der Waals surface area (Å²) in [7, 11) is 0. The molecule has 152 valence electrons. The molecule has 0 saturated heterocycles. The lowest BCUT2D eigenvalue weighted by Gasteiger charge is -2.12. The summed E-state index contributed by atoms with van der Waals surface area (Å²) in [6.45, 7) is 2.24. The van der Waals surface area contributed by atoms with E-state index in [1.807, 2.05) is 37.3 Å². The molecular formula is C22H20ClN5O2. The summed E-state index contributed by atoms with van der Waals surface area (Å²) in [5.41, 5.74) is 9.11. The molecule has 2 heterocycles. The van der Waals surface area contributed by atoms with E-state index < -0.39 is 0 Å². The van der Waals surface area contributed by atoms with Crippen molar-refractivity contribution in [2.45, 2.75) is 25.9 Å². The number of carbonyl (C=O) groups excluding carboxylic acids is 1. The van der Waals surface area contributed by atoms with Crippen molar-refractivity contribution in [1.82, 2.24) is 20.4 Å². The number of nitrogens with one attached hydrogen (secondary N) is 1. The van der Waals surface area contributed by atoms with E-state index in [4.69, 9.17) is 22.1 Å². The molecular weight excluding hydrogens is 402 g/mol. The maximum atomic E-state index is 12.7. The summed E-state index contributed by atoms with van der Waals surface area (Å²) in [6.07, 6.45) is 0.413. The van der Waals surface area contributed by atoms with Gasteiger partial charge >= 0.3 is 0 Å². The number of Topliss-reactive ketones (excluding diaryl/α,β-unsaturated/α-hetero) is 1. The quantitative estimate of drug-likeness (QED) is 0.424. The van der Waals surface area contributed by atoms with Crippen LogP contribution in [0.15, 0.2) is 54.6 Å². The first-order chi connectivity index (χ1) is 14.5. The fourth-order valence-electron chi connectivity index (χ4n) is 3.22. The Balaban J connectivity index is 1.45. The lowest BCUT2D eigenvalue weighted by Crippen LogP contribution is -2.06. The van der Waals surface area contributed by atoms with Crippen molar-refractivity contribution in [3.63, 3.8) is 0 Å². The number of H-pyrrole nitrogens is 1. The van der Waals surface area contributed by atoms with E-state index in [1.54, 1.807) is 24.3 Å². The first kappa shape index (κ1) is 19.8. The standard InChI is InChI=1S/C22H20ClN5O2/c1-13(14-5-3-2-4-6-14)9-18(29)15-7-8-16(17(23)10-15)12-30-19-11-20(24)25-22-21(19)26-28-27-22/h2-8,10-11,13H,9,12H2,1H3,(H3,24,25,26,27,28). The Kier molecular flexibility index (Phi) is 5.63. The van der Waals surface area contributed by atoms with Gasteiger partial charge in [0.05, 0.1) is 0 Å². The molecule has 0 bridgehead atoms. The highest BCUT2D eigenvalue weighted by molar-refractivity contribution is 6.31. The van der Waals surface area contributed by atoms with Gasteiger partial charge in [-0.3, -0.25) is 4.79 Å². The minimum atomic E-state index is 0.0481. The Labute approximate surface area is 178 Å². The number of nitrogens with zero attached hydrogens (tertiary/aromatic N) is 3. The van der Waals surface area contributed by atoms with Crippen molar-refractivity contribution in [1.29, 1.82) is 0 Å². The van der Waals surface area contributed by atoms with Gasteiger partial charge in [0.15, 0.2) is 17.0 Å². The highest BCUT2D eigenvalue weighted by atomic mass is 35.5. The number of fused-ring (bicyclic) bond motifs is 1. The SMILES string of the molecule is CC(CC(=O)c1ccc(COc2cc(N)nc3n[nH]nc23)c(Cl)c1)c1ccccc1. The molecule has 2 aromatic carbocycles. The number of aromatic nitrogens is 4. The number of halogens is 1. The van der Waals surface area contributed by atoms with Crippen molar-refractivity contribution >= 4 is 34.4 Å². The lowest BCUT2D eigenvalue weighted by atomic mass is 9.93. The van der Waals surface area contributed by atoms with Crippen molar-refractivity contribution in [2.24, 2.45) is 0 Å². The Bertz CT molecular complexity index is 1190. The number of anilines is 1. The largest absolute Gasteiger partial charge is 0.486 e.